The monoisotopic (exact) mass is 397 g/mol. The van der Waals surface area contributed by atoms with Crippen molar-refractivity contribution in [3.05, 3.63) is 0 Å². The molecule has 0 aromatic heterocycles. The van der Waals surface area contributed by atoms with Crippen molar-refractivity contribution in [3.63, 3.8) is 0 Å². The maximum absolute atomic E-state index is 11.3. The standard InChI is InChI=1S/C15H27NO9S/c1-5-10(20)11(21)7(3-17)23-14(5)25-13-8(4-18)24-15(26)9(12(13)22)16-6(2)19/h5,7-15,17-18,20-22,26H,3-4H2,1-2H3,(H,16,19)/t5?,7?,8?,9?,10-,11-,12-,13-,14+,15+/m1/s1. The maximum Gasteiger partial charge on any atom is 0.217 e. The van der Waals surface area contributed by atoms with Gasteiger partial charge < -0.3 is 45.1 Å². The quantitative estimate of drug-likeness (QED) is 0.240. The SMILES string of the molecule is CC(=O)NC1[C@H](S)OC(CO)[C@@H](O[C@@H]2OC(CO)[C@@H](O)[C@H](O)C2C)[C@@H]1O. The molecular formula is C15H27NO9S. The van der Waals surface area contributed by atoms with E-state index < -0.39 is 79.4 Å². The molecule has 0 aromatic carbocycles. The molecule has 0 radical (unpaired) electrons. The number of aliphatic hydroxyl groups is 5. The highest BCUT2D eigenvalue weighted by Crippen LogP contribution is 2.32. The van der Waals surface area contributed by atoms with Crippen LogP contribution in [0.4, 0.5) is 0 Å². The Morgan fingerprint density at radius 1 is 1.08 bits per heavy atom. The van der Waals surface area contributed by atoms with Gasteiger partial charge in [0.25, 0.3) is 0 Å². The number of ether oxygens (including phenoxy) is 3. The second-order valence-electron chi connectivity index (χ2n) is 6.63. The van der Waals surface area contributed by atoms with Gasteiger partial charge >= 0.3 is 0 Å². The summed E-state index contributed by atoms with van der Waals surface area (Å²) in [7, 11) is 0. The third-order valence-electron chi connectivity index (χ3n) is 4.72. The Morgan fingerprint density at radius 2 is 1.69 bits per heavy atom. The first-order valence-electron chi connectivity index (χ1n) is 8.38. The molecule has 2 aliphatic heterocycles. The lowest BCUT2D eigenvalue weighted by Gasteiger charge is -2.47. The number of hydrogen-bond donors (Lipinski definition) is 7. The molecule has 4 unspecified atom stereocenters. The van der Waals surface area contributed by atoms with Crippen molar-refractivity contribution in [1.82, 2.24) is 5.32 Å². The summed E-state index contributed by atoms with van der Waals surface area (Å²) in [4.78, 5) is 11.3. The van der Waals surface area contributed by atoms with Crippen molar-refractivity contribution in [3.8, 4) is 0 Å². The molecule has 11 heteroatoms. The van der Waals surface area contributed by atoms with Gasteiger partial charge in [0, 0.05) is 12.8 Å². The smallest absolute Gasteiger partial charge is 0.217 e. The highest BCUT2D eigenvalue weighted by molar-refractivity contribution is 7.80. The van der Waals surface area contributed by atoms with Crippen LogP contribution in [0.5, 0.6) is 0 Å². The van der Waals surface area contributed by atoms with Crippen molar-refractivity contribution < 1.29 is 44.5 Å². The molecular weight excluding hydrogens is 370 g/mol. The van der Waals surface area contributed by atoms with Crippen LogP contribution in [-0.4, -0.2) is 99.0 Å². The summed E-state index contributed by atoms with van der Waals surface area (Å²) >= 11 is 4.18. The van der Waals surface area contributed by atoms with Crippen molar-refractivity contribution in [2.75, 3.05) is 13.2 Å². The topological polar surface area (TPSA) is 158 Å². The van der Waals surface area contributed by atoms with Gasteiger partial charge in [0.2, 0.25) is 5.91 Å². The Balaban J connectivity index is 2.16. The number of nitrogens with one attached hydrogen (secondary N) is 1. The minimum absolute atomic E-state index is 0.404. The van der Waals surface area contributed by atoms with Gasteiger partial charge in [0.15, 0.2) is 6.29 Å². The fraction of sp³-hybridized carbons (Fsp3) is 0.933. The highest BCUT2D eigenvalue weighted by Gasteiger charge is 2.49. The Kier molecular flexibility index (Phi) is 7.65. The number of carbonyl (C=O) groups excluding carboxylic acids is 1. The average molecular weight is 397 g/mol. The molecule has 2 rings (SSSR count). The third kappa shape index (κ3) is 4.49. The molecule has 152 valence electrons. The normalized spacial score (nSPS) is 46.8. The van der Waals surface area contributed by atoms with E-state index in [1.807, 2.05) is 0 Å². The molecule has 10 atom stereocenters. The van der Waals surface area contributed by atoms with Crippen LogP contribution in [0.1, 0.15) is 13.8 Å². The molecule has 0 aliphatic carbocycles. The van der Waals surface area contributed by atoms with E-state index in [4.69, 9.17) is 14.2 Å². The predicted octanol–water partition coefficient (Wildman–Crippen LogP) is -3.04. The van der Waals surface area contributed by atoms with Crippen LogP contribution in [0.25, 0.3) is 0 Å². The zero-order valence-electron chi connectivity index (χ0n) is 14.5. The first-order valence-corrected chi connectivity index (χ1v) is 8.90. The van der Waals surface area contributed by atoms with E-state index >= 15 is 0 Å². The summed E-state index contributed by atoms with van der Waals surface area (Å²) in [5, 5.41) is 52.0. The van der Waals surface area contributed by atoms with Gasteiger partial charge in [0.1, 0.15) is 36.0 Å². The van der Waals surface area contributed by atoms with Gasteiger partial charge in [-0.05, 0) is 0 Å². The Labute approximate surface area is 156 Å². The zero-order chi connectivity index (χ0) is 19.6. The molecule has 2 heterocycles. The molecule has 0 spiro atoms. The number of hydrogen-bond acceptors (Lipinski definition) is 10. The van der Waals surface area contributed by atoms with Gasteiger partial charge in [-0.2, -0.15) is 0 Å². The van der Waals surface area contributed by atoms with Gasteiger partial charge in [0.05, 0.1) is 25.4 Å². The van der Waals surface area contributed by atoms with Crippen LogP contribution in [-0.2, 0) is 19.0 Å². The van der Waals surface area contributed by atoms with Gasteiger partial charge in [-0.15, -0.1) is 12.6 Å². The summed E-state index contributed by atoms with van der Waals surface area (Å²) in [6.45, 7) is 1.83. The summed E-state index contributed by atoms with van der Waals surface area (Å²) in [5.74, 6) is -1.09. The van der Waals surface area contributed by atoms with Crippen LogP contribution in [0.3, 0.4) is 0 Å². The molecule has 1 amide bonds. The molecule has 26 heavy (non-hydrogen) atoms. The van der Waals surface area contributed by atoms with E-state index in [1.54, 1.807) is 6.92 Å². The summed E-state index contributed by atoms with van der Waals surface area (Å²) in [6.07, 6.45) is -7.99. The molecule has 6 N–H and O–H groups in total. The van der Waals surface area contributed by atoms with Gasteiger partial charge in [-0.1, -0.05) is 6.92 Å². The van der Waals surface area contributed by atoms with E-state index in [9.17, 15) is 30.3 Å². The summed E-state index contributed by atoms with van der Waals surface area (Å²) in [5.41, 5.74) is -0.867. The lowest BCUT2D eigenvalue weighted by molar-refractivity contribution is -0.320. The molecule has 0 bridgehead atoms. The van der Waals surface area contributed by atoms with E-state index in [-0.39, 0.29) is 0 Å². The first-order chi connectivity index (χ1) is 12.2. The molecule has 10 nitrogen and oxygen atoms in total. The minimum Gasteiger partial charge on any atom is -0.394 e. The number of rotatable bonds is 5. The number of thiol groups is 1. The number of amides is 1. The van der Waals surface area contributed by atoms with E-state index in [0.29, 0.717) is 0 Å². The van der Waals surface area contributed by atoms with Gasteiger partial charge in [-0.3, -0.25) is 4.79 Å². The number of aliphatic hydroxyl groups excluding tert-OH is 5. The van der Waals surface area contributed by atoms with Crippen LogP contribution in [0, 0.1) is 5.92 Å². The number of carbonyl (C=O) groups is 1. The van der Waals surface area contributed by atoms with Crippen molar-refractivity contribution >= 4 is 18.5 Å². The zero-order valence-corrected chi connectivity index (χ0v) is 15.4. The van der Waals surface area contributed by atoms with E-state index in [2.05, 4.69) is 17.9 Å². The van der Waals surface area contributed by atoms with E-state index in [1.165, 1.54) is 6.92 Å². The Hall–Kier alpha value is -0.500. The second kappa shape index (κ2) is 9.13. The van der Waals surface area contributed by atoms with Crippen LogP contribution >= 0.6 is 12.6 Å². The molecule has 2 aliphatic rings. The summed E-state index contributed by atoms with van der Waals surface area (Å²) < 4.78 is 16.7. The van der Waals surface area contributed by atoms with Crippen LogP contribution in [0.15, 0.2) is 0 Å². The fourth-order valence-corrected chi connectivity index (χ4v) is 3.58. The minimum atomic E-state index is -1.29. The first kappa shape index (κ1) is 21.8. The largest absolute Gasteiger partial charge is 0.394 e. The lowest BCUT2D eigenvalue weighted by atomic mass is 9.92. The summed E-state index contributed by atoms with van der Waals surface area (Å²) in [6, 6.07) is -0.897. The average Bonchev–Trinajstić information content (AvgIpc) is 2.60. The third-order valence-corrected chi connectivity index (χ3v) is 5.16. The van der Waals surface area contributed by atoms with Crippen molar-refractivity contribution in [1.29, 1.82) is 0 Å². The molecule has 0 saturated carbocycles. The highest BCUT2D eigenvalue weighted by atomic mass is 32.1. The van der Waals surface area contributed by atoms with Crippen LogP contribution in [0.2, 0.25) is 0 Å². The predicted molar refractivity (Wildman–Crippen MR) is 90.1 cm³/mol. The maximum atomic E-state index is 11.3. The molecule has 2 saturated heterocycles. The molecule has 0 aromatic rings. The van der Waals surface area contributed by atoms with Crippen molar-refractivity contribution in [2.45, 2.75) is 68.2 Å². The van der Waals surface area contributed by atoms with Crippen molar-refractivity contribution in [2.24, 2.45) is 5.92 Å². The second-order valence-corrected chi connectivity index (χ2v) is 7.14. The lowest BCUT2D eigenvalue weighted by Crippen LogP contribution is -2.65. The van der Waals surface area contributed by atoms with Crippen LogP contribution < -0.4 is 5.32 Å². The molecule has 2 fully saturated rings. The van der Waals surface area contributed by atoms with E-state index in [0.717, 1.165) is 0 Å². The van der Waals surface area contributed by atoms with Gasteiger partial charge in [-0.25, -0.2) is 0 Å². The fourth-order valence-electron chi connectivity index (χ4n) is 3.17. The Bertz CT molecular complexity index is 482. The Morgan fingerprint density at radius 3 is 2.23 bits per heavy atom.